The normalized spacial score (nSPS) is 12.6. The second kappa shape index (κ2) is 5.89. The van der Waals surface area contributed by atoms with E-state index in [1.165, 1.54) is 17.1 Å². The van der Waals surface area contributed by atoms with Crippen molar-refractivity contribution in [3.05, 3.63) is 52.2 Å². The second-order valence-electron chi connectivity index (χ2n) is 3.91. The summed E-state index contributed by atoms with van der Waals surface area (Å²) in [5, 5.41) is 5.46. The van der Waals surface area contributed by atoms with Crippen molar-refractivity contribution in [2.45, 2.75) is 19.4 Å². The lowest BCUT2D eigenvalue weighted by Crippen LogP contribution is -2.21. The molecule has 0 radical (unpaired) electrons. The fraction of sp³-hybridized carbons (Fsp3) is 0.308. The first-order valence-corrected chi connectivity index (χ1v) is 6.51. The van der Waals surface area contributed by atoms with Gasteiger partial charge in [-0.2, -0.15) is 0 Å². The van der Waals surface area contributed by atoms with Crippen molar-refractivity contribution in [1.29, 1.82) is 0 Å². The number of aromatic nitrogens is 1. The molecule has 0 bridgehead atoms. The van der Waals surface area contributed by atoms with Gasteiger partial charge in [-0.25, -0.2) is 4.39 Å². The molecule has 2 aromatic heterocycles. The molecule has 0 saturated heterocycles. The van der Waals surface area contributed by atoms with Gasteiger partial charge in [-0.1, -0.05) is 6.07 Å². The molecule has 0 spiro atoms. The van der Waals surface area contributed by atoms with Crippen molar-refractivity contribution >= 4 is 11.3 Å². The zero-order valence-corrected chi connectivity index (χ0v) is 10.5. The Bertz CT molecular complexity index is 439. The summed E-state index contributed by atoms with van der Waals surface area (Å²) in [5.74, 6) is -0.292. The molecule has 0 aliphatic rings. The Balaban J connectivity index is 1.81. The van der Waals surface area contributed by atoms with Crippen LogP contribution in [-0.2, 0) is 6.42 Å². The van der Waals surface area contributed by atoms with Crippen LogP contribution < -0.4 is 5.32 Å². The summed E-state index contributed by atoms with van der Waals surface area (Å²) in [5.41, 5.74) is 0.873. The van der Waals surface area contributed by atoms with Crippen LogP contribution in [0, 0.1) is 5.82 Å². The van der Waals surface area contributed by atoms with E-state index < -0.39 is 0 Å². The third-order valence-electron chi connectivity index (χ3n) is 2.60. The Kier molecular flexibility index (Phi) is 4.23. The van der Waals surface area contributed by atoms with Gasteiger partial charge in [0.15, 0.2) is 0 Å². The Hall–Kier alpha value is -1.26. The molecule has 17 heavy (non-hydrogen) atoms. The number of pyridine rings is 1. The van der Waals surface area contributed by atoms with Crippen molar-refractivity contribution in [3.63, 3.8) is 0 Å². The van der Waals surface area contributed by atoms with Crippen LogP contribution in [0.5, 0.6) is 0 Å². The predicted molar refractivity (Wildman–Crippen MR) is 68.6 cm³/mol. The maximum atomic E-state index is 12.7. The summed E-state index contributed by atoms with van der Waals surface area (Å²) in [6, 6.07) is 7.51. The van der Waals surface area contributed by atoms with E-state index in [1.54, 1.807) is 17.4 Å². The number of halogens is 1. The zero-order valence-electron chi connectivity index (χ0n) is 9.69. The van der Waals surface area contributed by atoms with Crippen molar-refractivity contribution in [2.24, 2.45) is 0 Å². The summed E-state index contributed by atoms with van der Waals surface area (Å²) < 4.78 is 12.7. The molecule has 0 saturated carbocycles. The molecule has 0 aliphatic carbocycles. The van der Waals surface area contributed by atoms with Crippen LogP contribution in [0.2, 0.25) is 0 Å². The molecule has 0 aromatic carbocycles. The van der Waals surface area contributed by atoms with Crippen molar-refractivity contribution in [2.75, 3.05) is 6.54 Å². The van der Waals surface area contributed by atoms with Gasteiger partial charge in [0.05, 0.1) is 11.9 Å². The van der Waals surface area contributed by atoms with E-state index in [2.05, 4.69) is 27.8 Å². The average molecular weight is 250 g/mol. The number of thiophene rings is 1. The predicted octanol–water partition coefficient (Wildman–Crippen LogP) is 3.18. The van der Waals surface area contributed by atoms with Crippen molar-refractivity contribution < 1.29 is 4.39 Å². The quantitative estimate of drug-likeness (QED) is 0.881. The monoisotopic (exact) mass is 250 g/mol. The van der Waals surface area contributed by atoms with Gasteiger partial charge in [0.1, 0.15) is 5.82 Å². The second-order valence-corrected chi connectivity index (χ2v) is 4.94. The van der Waals surface area contributed by atoms with E-state index in [9.17, 15) is 4.39 Å². The highest BCUT2D eigenvalue weighted by Gasteiger charge is 2.05. The lowest BCUT2D eigenvalue weighted by atomic mass is 10.2. The van der Waals surface area contributed by atoms with E-state index in [0.29, 0.717) is 0 Å². The van der Waals surface area contributed by atoms with Gasteiger partial charge in [0.2, 0.25) is 0 Å². The topological polar surface area (TPSA) is 24.9 Å². The molecular formula is C13H15FN2S. The molecule has 2 rings (SSSR count). The molecule has 1 unspecified atom stereocenters. The molecule has 0 fully saturated rings. The van der Waals surface area contributed by atoms with E-state index in [0.717, 1.165) is 18.7 Å². The van der Waals surface area contributed by atoms with Crippen LogP contribution in [0.3, 0.4) is 0 Å². The Morgan fingerprint density at radius 1 is 1.41 bits per heavy atom. The number of rotatable bonds is 5. The number of nitrogens with zero attached hydrogens (tertiary/aromatic N) is 1. The van der Waals surface area contributed by atoms with Gasteiger partial charge >= 0.3 is 0 Å². The first-order chi connectivity index (χ1) is 8.25. The van der Waals surface area contributed by atoms with Crippen LogP contribution >= 0.6 is 11.3 Å². The Morgan fingerprint density at radius 3 is 2.94 bits per heavy atom. The van der Waals surface area contributed by atoms with E-state index in [-0.39, 0.29) is 11.9 Å². The average Bonchev–Trinajstić information content (AvgIpc) is 2.83. The third kappa shape index (κ3) is 3.61. The first kappa shape index (κ1) is 12.2. The minimum atomic E-state index is -0.292. The molecule has 2 aromatic rings. The number of hydrogen-bond acceptors (Lipinski definition) is 3. The lowest BCUT2D eigenvalue weighted by Gasteiger charge is -2.12. The number of hydrogen-bond donors (Lipinski definition) is 1. The molecule has 0 amide bonds. The number of nitrogens with one attached hydrogen (secondary N) is 1. The Morgan fingerprint density at radius 2 is 2.29 bits per heavy atom. The molecule has 90 valence electrons. The smallest absolute Gasteiger partial charge is 0.141 e. The first-order valence-electron chi connectivity index (χ1n) is 5.63. The van der Waals surface area contributed by atoms with Crippen LogP contribution in [0.25, 0.3) is 0 Å². The SMILES string of the molecule is CC(NCCc1cccs1)c1ccc(F)cn1. The standard InChI is InChI=1S/C13H15FN2S/c1-10(13-5-4-11(14)9-16-13)15-7-6-12-3-2-8-17-12/h2-5,8-10,15H,6-7H2,1H3. The van der Waals surface area contributed by atoms with Crippen LogP contribution in [0.4, 0.5) is 4.39 Å². The van der Waals surface area contributed by atoms with E-state index >= 15 is 0 Å². The van der Waals surface area contributed by atoms with Gasteiger partial charge in [0, 0.05) is 17.5 Å². The van der Waals surface area contributed by atoms with E-state index in [1.807, 2.05) is 6.92 Å². The van der Waals surface area contributed by atoms with Crippen LogP contribution in [0.15, 0.2) is 35.8 Å². The fourth-order valence-electron chi connectivity index (χ4n) is 1.61. The van der Waals surface area contributed by atoms with Gasteiger partial charge in [-0.05, 0) is 36.9 Å². The van der Waals surface area contributed by atoms with Gasteiger partial charge in [-0.3, -0.25) is 4.98 Å². The summed E-state index contributed by atoms with van der Waals surface area (Å²) in [4.78, 5) is 5.43. The molecule has 2 heterocycles. The third-order valence-corrected chi connectivity index (χ3v) is 3.53. The van der Waals surface area contributed by atoms with E-state index in [4.69, 9.17) is 0 Å². The maximum Gasteiger partial charge on any atom is 0.141 e. The molecular weight excluding hydrogens is 235 g/mol. The minimum Gasteiger partial charge on any atom is -0.308 e. The summed E-state index contributed by atoms with van der Waals surface area (Å²) in [6.45, 7) is 2.94. The molecule has 1 atom stereocenters. The van der Waals surface area contributed by atoms with Crippen LogP contribution in [-0.4, -0.2) is 11.5 Å². The largest absolute Gasteiger partial charge is 0.308 e. The summed E-state index contributed by atoms with van der Waals surface area (Å²) in [6.07, 6.45) is 2.27. The zero-order chi connectivity index (χ0) is 12.1. The molecule has 4 heteroatoms. The lowest BCUT2D eigenvalue weighted by molar-refractivity contribution is 0.558. The molecule has 1 N–H and O–H groups in total. The molecule has 2 nitrogen and oxygen atoms in total. The highest BCUT2D eigenvalue weighted by atomic mass is 32.1. The van der Waals surface area contributed by atoms with Crippen molar-refractivity contribution in [1.82, 2.24) is 10.3 Å². The minimum absolute atomic E-state index is 0.149. The maximum absolute atomic E-state index is 12.7. The highest BCUT2D eigenvalue weighted by molar-refractivity contribution is 7.09. The fourth-order valence-corrected chi connectivity index (χ4v) is 2.32. The summed E-state index contributed by atoms with van der Waals surface area (Å²) in [7, 11) is 0. The Labute approximate surface area is 105 Å². The summed E-state index contributed by atoms with van der Waals surface area (Å²) >= 11 is 1.77. The van der Waals surface area contributed by atoms with Crippen LogP contribution in [0.1, 0.15) is 23.5 Å². The van der Waals surface area contributed by atoms with Crippen molar-refractivity contribution in [3.8, 4) is 0 Å². The van der Waals surface area contributed by atoms with Gasteiger partial charge < -0.3 is 5.32 Å². The van der Waals surface area contributed by atoms with Gasteiger partial charge in [-0.15, -0.1) is 11.3 Å². The molecule has 0 aliphatic heterocycles. The highest BCUT2D eigenvalue weighted by Crippen LogP contribution is 2.11. The van der Waals surface area contributed by atoms with Gasteiger partial charge in [0.25, 0.3) is 0 Å².